The van der Waals surface area contributed by atoms with Crippen molar-refractivity contribution < 1.29 is 19.0 Å². The van der Waals surface area contributed by atoms with Gasteiger partial charge in [0.05, 0.1) is 31.0 Å². The molecule has 0 N–H and O–H groups in total. The molecular formula is C18H27NO4. The third-order valence-electron chi connectivity index (χ3n) is 3.80. The van der Waals surface area contributed by atoms with E-state index in [1.165, 1.54) is 0 Å². The first-order valence-corrected chi connectivity index (χ1v) is 8.24. The van der Waals surface area contributed by atoms with Crippen LogP contribution >= 0.6 is 0 Å². The van der Waals surface area contributed by atoms with E-state index in [9.17, 15) is 4.79 Å². The molecule has 1 heterocycles. The van der Waals surface area contributed by atoms with Crippen molar-refractivity contribution in [3.05, 3.63) is 29.8 Å². The molecule has 1 fully saturated rings. The van der Waals surface area contributed by atoms with Crippen molar-refractivity contribution >= 4 is 5.78 Å². The van der Waals surface area contributed by atoms with Crippen molar-refractivity contribution in [2.24, 2.45) is 0 Å². The van der Waals surface area contributed by atoms with Gasteiger partial charge in [0.15, 0.2) is 5.78 Å². The summed E-state index contributed by atoms with van der Waals surface area (Å²) >= 11 is 0. The number of ether oxygens (including phenoxy) is 3. The smallest absolute Gasteiger partial charge is 0.163 e. The molecule has 0 amide bonds. The molecule has 1 aliphatic rings. The molecule has 0 aliphatic carbocycles. The summed E-state index contributed by atoms with van der Waals surface area (Å²) in [5, 5.41) is 0. The zero-order valence-electron chi connectivity index (χ0n) is 14.3. The Morgan fingerprint density at radius 1 is 1.17 bits per heavy atom. The van der Waals surface area contributed by atoms with Gasteiger partial charge in [-0.15, -0.1) is 0 Å². The molecular weight excluding hydrogens is 294 g/mol. The van der Waals surface area contributed by atoms with Crippen molar-refractivity contribution in [2.45, 2.75) is 33.0 Å². The van der Waals surface area contributed by atoms with Gasteiger partial charge in [-0.3, -0.25) is 9.69 Å². The predicted molar refractivity (Wildman–Crippen MR) is 89.2 cm³/mol. The van der Waals surface area contributed by atoms with E-state index in [0.717, 1.165) is 19.6 Å². The maximum Gasteiger partial charge on any atom is 0.163 e. The molecule has 1 aromatic rings. The van der Waals surface area contributed by atoms with Crippen molar-refractivity contribution in [1.29, 1.82) is 0 Å². The van der Waals surface area contributed by atoms with Crippen LogP contribution < -0.4 is 4.74 Å². The molecule has 0 saturated carbocycles. The number of ketones is 1. The van der Waals surface area contributed by atoms with Crippen LogP contribution in [0.5, 0.6) is 5.75 Å². The number of hydrogen-bond donors (Lipinski definition) is 0. The van der Waals surface area contributed by atoms with E-state index < -0.39 is 0 Å². The van der Waals surface area contributed by atoms with Crippen LogP contribution in [0.3, 0.4) is 0 Å². The number of morpholine rings is 1. The van der Waals surface area contributed by atoms with E-state index >= 15 is 0 Å². The fourth-order valence-electron chi connectivity index (χ4n) is 2.86. The van der Waals surface area contributed by atoms with Gasteiger partial charge in [0, 0.05) is 19.6 Å². The molecule has 2 atom stereocenters. The lowest BCUT2D eigenvalue weighted by Gasteiger charge is -2.35. The topological polar surface area (TPSA) is 48.0 Å². The average molecular weight is 321 g/mol. The molecule has 128 valence electrons. The zero-order valence-corrected chi connectivity index (χ0v) is 14.3. The molecule has 1 aromatic carbocycles. The highest BCUT2D eigenvalue weighted by atomic mass is 16.5. The molecule has 0 bridgehead atoms. The van der Waals surface area contributed by atoms with E-state index in [0.29, 0.717) is 31.1 Å². The summed E-state index contributed by atoms with van der Waals surface area (Å²) in [5.74, 6) is 0.636. The van der Waals surface area contributed by atoms with E-state index in [1.54, 1.807) is 13.0 Å². The number of Topliss-reactive ketones (excluding diaryl/α,β-unsaturated/α-hetero) is 1. The predicted octanol–water partition coefficient (Wildman–Crippen LogP) is 2.39. The van der Waals surface area contributed by atoms with Gasteiger partial charge in [0.25, 0.3) is 0 Å². The fourth-order valence-corrected chi connectivity index (χ4v) is 2.86. The maximum atomic E-state index is 11.5. The molecule has 1 aliphatic heterocycles. The highest BCUT2D eigenvalue weighted by molar-refractivity contribution is 5.96. The Morgan fingerprint density at radius 3 is 2.57 bits per heavy atom. The number of nitrogens with zero attached hydrogens (tertiary/aromatic N) is 1. The lowest BCUT2D eigenvalue weighted by molar-refractivity contribution is -0.0734. The fraction of sp³-hybridized carbons (Fsp3) is 0.611. The molecule has 5 nitrogen and oxygen atoms in total. The van der Waals surface area contributed by atoms with Crippen LogP contribution in [0.2, 0.25) is 0 Å². The second kappa shape index (κ2) is 9.01. The third-order valence-corrected chi connectivity index (χ3v) is 3.80. The molecule has 5 heteroatoms. The minimum Gasteiger partial charge on any atom is -0.490 e. The Bertz CT molecular complexity index is 496. The molecule has 2 rings (SSSR count). The first-order chi connectivity index (χ1) is 11.1. The summed E-state index contributed by atoms with van der Waals surface area (Å²) in [6, 6.07) is 7.29. The SMILES string of the molecule is CC(=O)c1ccccc1OCCOCCN1CC(C)OC(C)C1. The van der Waals surface area contributed by atoms with Gasteiger partial charge in [0.2, 0.25) is 0 Å². The molecule has 2 unspecified atom stereocenters. The number of carbonyl (C=O) groups is 1. The Balaban J connectivity index is 1.62. The summed E-state index contributed by atoms with van der Waals surface area (Å²) in [7, 11) is 0. The van der Waals surface area contributed by atoms with Gasteiger partial charge < -0.3 is 14.2 Å². The standard InChI is InChI=1S/C18H27NO4/c1-14-12-19(13-15(2)23-14)8-9-21-10-11-22-18-7-5-4-6-17(18)16(3)20/h4-7,14-15H,8-13H2,1-3H3. The third kappa shape index (κ3) is 5.94. The molecule has 0 radical (unpaired) electrons. The minimum absolute atomic E-state index is 0.0112. The molecule has 1 saturated heterocycles. The first-order valence-electron chi connectivity index (χ1n) is 8.24. The van der Waals surface area contributed by atoms with Gasteiger partial charge >= 0.3 is 0 Å². The largest absolute Gasteiger partial charge is 0.490 e. The van der Waals surface area contributed by atoms with Crippen LogP contribution in [0, 0.1) is 0 Å². The number of para-hydroxylation sites is 1. The molecule has 23 heavy (non-hydrogen) atoms. The van der Waals surface area contributed by atoms with Crippen molar-refractivity contribution in [1.82, 2.24) is 4.90 Å². The maximum absolute atomic E-state index is 11.5. The van der Waals surface area contributed by atoms with E-state index in [1.807, 2.05) is 18.2 Å². The normalized spacial score (nSPS) is 22.0. The van der Waals surface area contributed by atoms with Crippen LogP contribution in [0.1, 0.15) is 31.1 Å². The number of benzene rings is 1. The van der Waals surface area contributed by atoms with Gasteiger partial charge in [-0.2, -0.15) is 0 Å². The van der Waals surface area contributed by atoms with Gasteiger partial charge in [-0.25, -0.2) is 0 Å². The monoisotopic (exact) mass is 321 g/mol. The zero-order chi connectivity index (χ0) is 16.7. The lowest BCUT2D eigenvalue weighted by atomic mass is 10.1. The quantitative estimate of drug-likeness (QED) is 0.543. The van der Waals surface area contributed by atoms with Crippen LogP contribution in [-0.2, 0) is 9.47 Å². The number of carbonyl (C=O) groups excluding carboxylic acids is 1. The van der Waals surface area contributed by atoms with Gasteiger partial charge in [0.1, 0.15) is 12.4 Å². The molecule has 0 spiro atoms. The van der Waals surface area contributed by atoms with Gasteiger partial charge in [-0.1, -0.05) is 12.1 Å². The average Bonchev–Trinajstić information content (AvgIpc) is 2.50. The van der Waals surface area contributed by atoms with Crippen LogP contribution in [-0.4, -0.2) is 62.3 Å². The summed E-state index contributed by atoms with van der Waals surface area (Å²) in [6.45, 7) is 10.2. The van der Waals surface area contributed by atoms with Crippen molar-refractivity contribution in [2.75, 3.05) is 39.5 Å². The summed E-state index contributed by atoms with van der Waals surface area (Å²) in [6.07, 6.45) is 0.565. The Morgan fingerprint density at radius 2 is 1.87 bits per heavy atom. The van der Waals surface area contributed by atoms with Crippen molar-refractivity contribution in [3.8, 4) is 5.75 Å². The highest BCUT2D eigenvalue weighted by Gasteiger charge is 2.21. The van der Waals surface area contributed by atoms with E-state index in [-0.39, 0.29) is 18.0 Å². The minimum atomic E-state index is 0.0112. The van der Waals surface area contributed by atoms with E-state index in [2.05, 4.69) is 18.7 Å². The lowest BCUT2D eigenvalue weighted by Crippen LogP contribution is -2.46. The Kier molecular flexibility index (Phi) is 7.02. The van der Waals surface area contributed by atoms with E-state index in [4.69, 9.17) is 14.2 Å². The summed E-state index contributed by atoms with van der Waals surface area (Å²) in [5.41, 5.74) is 0.615. The first kappa shape index (κ1) is 17.9. The van der Waals surface area contributed by atoms with Crippen molar-refractivity contribution in [3.63, 3.8) is 0 Å². The number of hydrogen-bond acceptors (Lipinski definition) is 5. The van der Waals surface area contributed by atoms with Crippen LogP contribution in [0.25, 0.3) is 0 Å². The van der Waals surface area contributed by atoms with Crippen LogP contribution in [0.4, 0.5) is 0 Å². The van der Waals surface area contributed by atoms with Crippen LogP contribution in [0.15, 0.2) is 24.3 Å². The highest BCUT2D eigenvalue weighted by Crippen LogP contribution is 2.18. The summed E-state index contributed by atoms with van der Waals surface area (Å²) in [4.78, 5) is 13.9. The number of rotatable bonds is 8. The second-order valence-corrected chi connectivity index (χ2v) is 6.03. The second-order valence-electron chi connectivity index (χ2n) is 6.03. The Hall–Kier alpha value is -1.43. The van der Waals surface area contributed by atoms with Gasteiger partial charge in [-0.05, 0) is 32.9 Å². The molecule has 0 aromatic heterocycles. The summed E-state index contributed by atoms with van der Waals surface area (Å²) < 4.78 is 17.0. The Labute approximate surface area is 138 Å².